The summed E-state index contributed by atoms with van der Waals surface area (Å²) in [5, 5.41) is 11.3. The number of ketones is 1. The van der Waals surface area contributed by atoms with Gasteiger partial charge in [0.1, 0.15) is 17.3 Å². The van der Waals surface area contributed by atoms with Gasteiger partial charge in [-0.05, 0) is 64.2 Å². The number of aliphatic hydroxyl groups is 1. The number of methoxy groups -OCH3 is 1. The molecule has 1 unspecified atom stereocenters. The third-order valence-corrected chi connectivity index (χ3v) is 5.62. The van der Waals surface area contributed by atoms with Gasteiger partial charge in [0.25, 0.3) is 11.7 Å². The fourth-order valence-electron chi connectivity index (χ4n) is 4.23. The highest BCUT2D eigenvalue weighted by molar-refractivity contribution is 6.46. The van der Waals surface area contributed by atoms with Crippen LogP contribution in [0.15, 0.2) is 42.0 Å². The summed E-state index contributed by atoms with van der Waals surface area (Å²) in [6.07, 6.45) is 0.595. The van der Waals surface area contributed by atoms with E-state index >= 15 is 0 Å². The number of carbonyl (C=O) groups is 2. The molecular weight excluding hydrogens is 411 g/mol. The van der Waals surface area contributed by atoms with Crippen molar-refractivity contribution in [3.8, 4) is 5.75 Å². The number of benzene rings is 2. The van der Waals surface area contributed by atoms with E-state index in [2.05, 4.69) is 0 Å². The van der Waals surface area contributed by atoms with Gasteiger partial charge in [0.15, 0.2) is 0 Å². The molecule has 1 N–H and O–H groups in total. The second-order valence-corrected chi connectivity index (χ2v) is 8.33. The van der Waals surface area contributed by atoms with Crippen molar-refractivity contribution in [2.75, 3.05) is 34.3 Å². The van der Waals surface area contributed by atoms with Crippen LogP contribution < -0.4 is 4.74 Å². The highest BCUT2D eigenvalue weighted by atomic mass is 19.1. The molecule has 2 aromatic rings. The molecule has 1 heterocycles. The topological polar surface area (TPSA) is 70.1 Å². The Labute approximate surface area is 187 Å². The van der Waals surface area contributed by atoms with Crippen molar-refractivity contribution in [3.63, 3.8) is 0 Å². The summed E-state index contributed by atoms with van der Waals surface area (Å²) in [5.74, 6) is -2.09. The highest BCUT2D eigenvalue weighted by Crippen LogP contribution is 2.42. The molecule has 1 aliphatic heterocycles. The number of nitrogens with zero attached hydrogens (tertiary/aromatic N) is 2. The number of aryl methyl sites for hydroxylation is 2. The van der Waals surface area contributed by atoms with Gasteiger partial charge in [-0.15, -0.1) is 0 Å². The minimum Gasteiger partial charge on any atom is -0.507 e. The van der Waals surface area contributed by atoms with Crippen LogP contribution in [-0.4, -0.2) is 60.9 Å². The van der Waals surface area contributed by atoms with E-state index in [0.717, 1.165) is 11.1 Å². The van der Waals surface area contributed by atoms with Crippen molar-refractivity contribution in [2.24, 2.45) is 0 Å². The molecule has 2 aromatic carbocycles. The number of likely N-dealkylation sites (tertiary alicyclic amines) is 1. The lowest BCUT2D eigenvalue weighted by molar-refractivity contribution is -0.140. The van der Waals surface area contributed by atoms with Crippen molar-refractivity contribution < 1.29 is 23.8 Å². The van der Waals surface area contributed by atoms with Crippen molar-refractivity contribution in [1.29, 1.82) is 0 Å². The van der Waals surface area contributed by atoms with Gasteiger partial charge in [0.05, 0.1) is 24.3 Å². The Morgan fingerprint density at radius 3 is 2.50 bits per heavy atom. The summed E-state index contributed by atoms with van der Waals surface area (Å²) in [6.45, 7) is 4.63. The number of rotatable bonds is 7. The molecule has 1 amide bonds. The molecule has 1 aliphatic rings. The summed E-state index contributed by atoms with van der Waals surface area (Å²) < 4.78 is 20.3. The number of carbonyl (C=O) groups excluding carboxylic acids is 2. The van der Waals surface area contributed by atoms with Gasteiger partial charge in [-0.1, -0.05) is 24.3 Å². The molecule has 0 spiro atoms. The van der Waals surface area contributed by atoms with Crippen LogP contribution in [0.2, 0.25) is 0 Å². The maximum atomic E-state index is 14.8. The van der Waals surface area contributed by atoms with E-state index in [1.807, 2.05) is 38.9 Å². The average Bonchev–Trinajstić information content (AvgIpc) is 2.97. The SMILES string of the molecule is COc1c(C)cc(C)cc1/C(O)=C1\C(=O)C(=O)N(CCCN(C)C)C1c1ccccc1F. The van der Waals surface area contributed by atoms with E-state index in [1.54, 1.807) is 18.2 Å². The van der Waals surface area contributed by atoms with Crippen molar-refractivity contribution in [1.82, 2.24) is 9.80 Å². The number of aliphatic hydroxyl groups excluding tert-OH is 1. The predicted octanol–water partition coefficient (Wildman–Crippen LogP) is 3.82. The minimum atomic E-state index is -1.02. The first-order valence-electron chi connectivity index (χ1n) is 10.5. The largest absolute Gasteiger partial charge is 0.507 e. The molecule has 0 saturated carbocycles. The van der Waals surface area contributed by atoms with Gasteiger partial charge in [-0.2, -0.15) is 0 Å². The van der Waals surface area contributed by atoms with Crippen molar-refractivity contribution in [2.45, 2.75) is 26.3 Å². The molecular formula is C25H29FN2O4. The van der Waals surface area contributed by atoms with Crippen LogP contribution in [0.1, 0.15) is 34.7 Å². The number of hydrogen-bond donors (Lipinski definition) is 1. The van der Waals surface area contributed by atoms with Gasteiger partial charge in [-0.3, -0.25) is 9.59 Å². The van der Waals surface area contributed by atoms with Crippen LogP contribution in [0.4, 0.5) is 4.39 Å². The molecule has 3 rings (SSSR count). The summed E-state index contributed by atoms with van der Waals surface area (Å²) in [4.78, 5) is 29.4. The molecule has 1 fully saturated rings. The molecule has 0 radical (unpaired) electrons. The molecule has 32 heavy (non-hydrogen) atoms. The molecule has 0 aromatic heterocycles. The van der Waals surface area contributed by atoms with E-state index in [0.29, 0.717) is 24.3 Å². The Morgan fingerprint density at radius 2 is 1.88 bits per heavy atom. The monoisotopic (exact) mass is 440 g/mol. The van der Waals surface area contributed by atoms with Crippen LogP contribution >= 0.6 is 0 Å². The molecule has 0 aliphatic carbocycles. The first kappa shape index (κ1) is 23.5. The predicted molar refractivity (Wildman–Crippen MR) is 121 cm³/mol. The Hall–Kier alpha value is -3.19. The van der Waals surface area contributed by atoms with Gasteiger partial charge < -0.3 is 19.6 Å². The van der Waals surface area contributed by atoms with Crippen LogP contribution in [0.5, 0.6) is 5.75 Å². The lowest BCUT2D eigenvalue weighted by Crippen LogP contribution is -2.32. The van der Waals surface area contributed by atoms with E-state index in [-0.39, 0.29) is 23.4 Å². The second kappa shape index (κ2) is 9.53. The van der Waals surface area contributed by atoms with Crippen LogP contribution in [0.3, 0.4) is 0 Å². The zero-order chi connectivity index (χ0) is 23.6. The fourth-order valence-corrected chi connectivity index (χ4v) is 4.23. The van der Waals surface area contributed by atoms with E-state index in [9.17, 15) is 19.1 Å². The minimum absolute atomic E-state index is 0.131. The van der Waals surface area contributed by atoms with Gasteiger partial charge in [0.2, 0.25) is 0 Å². The van der Waals surface area contributed by atoms with E-state index < -0.39 is 23.5 Å². The fraction of sp³-hybridized carbons (Fsp3) is 0.360. The van der Waals surface area contributed by atoms with Gasteiger partial charge in [0, 0.05) is 12.1 Å². The maximum absolute atomic E-state index is 14.8. The highest BCUT2D eigenvalue weighted by Gasteiger charge is 2.47. The Balaban J connectivity index is 2.21. The Kier molecular flexibility index (Phi) is 6.99. The Morgan fingerprint density at radius 1 is 1.19 bits per heavy atom. The third kappa shape index (κ3) is 4.39. The zero-order valence-corrected chi connectivity index (χ0v) is 19.1. The normalized spacial score (nSPS) is 18.0. The van der Waals surface area contributed by atoms with Gasteiger partial charge >= 0.3 is 0 Å². The maximum Gasteiger partial charge on any atom is 0.295 e. The zero-order valence-electron chi connectivity index (χ0n) is 19.1. The number of amides is 1. The van der Waals surface area contributed by atoms with Crippen LogP contribution in [0.25, 0.3) is 5.76 Å². The standard InChI is InChI=1S/C25H29FN2O4/c1-15-13-16(2)24(32-5)18(14-15)22(29)20-21(17-9-6-7-10-19(17)26)28(25(31)23(20)30)12-8-11-27(3)4/h6-7,9-10,13-14,21,29H,8,11-12H2,1-5H3/b22-20+. The van der Waals surface area contributed by atoms with E-state index in [4.69, 9.17) is 4.74 Å². The second-order valence-electron chi connectivity index (χ2n) is 8.33. The van der Waals surface area contributed by atoms with Crippen molar-refractivity contribution >= 4 is 17.4 Å². The number of halogens is 1. The molecule has 1 atom stereocenters. The lowest BCUT2D eigenvalue weighted by atomic mass is 9.93. The summed E-state index contributed by atoms with van der Waals surface area (Å²) in [6, 6.07) is 8.58. The first-order valence-corrected chi connectivity index (χ1v) is 10.5. The van der Waals surface area contributed by atoms with Crippen LogP contribution in [0, 0.1) is 19.7 Å². The molecule has 0 bridgehead atoms. The van der Waals surface area contributed by atoms with Crippen molar-refractivity contribution in [3.05, 3.63) is 70.0 Å². The number of ether oxygens (including phenoxy) is 1. The van der Waals surface area contributed by atoms with E-state index in [1.165, 1.54) is 24.1 Å². The molecule has 6 nitrogen and oxygen atoms in total. The summed E-state index contributed by atoms with van der Waals surface area (Å²) in [7, 11) is 5.30. The molecule has 7 heteroatoms. The molecule has 1 saturated heterocycles. The summed E-state index contributed by atoms with van der Waals surface area (Å²) in [5.41, 5.74) is 1.97. The smallest absolute Gasteiger partial charge is 0.295 e. The van der Waals surface area contributed by atoms with Crippen LogP contribution in [-0.2, 0) is 9.59 Å². The number of Topliss-reactive ketones (excluding diaryl/α,β-unsaturated/α-hetero) is 1. The number of hydrogen-bond acceptors (Lipinski definition) is 5. The van der Waals surface area contributed by atoms with Gasteiger partial charge in [-0.25, -0.2) is 4.39 Å². The quantitative estimate of drug-likeness (QED) is 0.403. The molecule has 170 valence electrons. The lowest BCUT2D eigenvalue weighted by Gasteiger charge is -2.26. The first-order chi connectivity index (χ1) is 15.2. The Bertz CT molecular complexity index is 1080. The average molecular weight is 441 g/mol. The summed E-state index contributed by atoms with van der Waals surface area (Å²) >= 11 is 0. The third-order valence-electron chi connectivity index (χ3n) is 5.62.